The van der Waals surface area contributed by atoms with Gasteiger partial charge in [0.05, 0.1) is 7.11 Å². The first-order valence-electron chi connectivity index (χ1n) is 6.65. The van der Waals surface area contributed by atoms with E-state index in [-0.39, 0.29) is 11.9 Å². The summed E-state index contributed by atoms with van der Waals surface area (Å²) in [5.41, 5.74) is 4.84. The summed E-state index contributed by atoms with van der Waals surface area (Å²) in [5, 5.41) is 0. The summed E-state index contributed by atoms with van der Waals surface area (Å²) in [6.45, 7) is 0. The number of nitrogens with two attached hydrogens (primary N) is 1. The Morgan fingerprint density at radius 1 is 1.19 bits per heavy atom. The van der Waals surface area contributed by atoms with Crippen LogP contribution in [0, 0.1) is 5.82 Å². The largest absolute Gasteiger partial charge is 0.497 e. The summed E-state index contributed by atoms with van der Waals surface area (Å²) in [7, 11) is 1.64. The van der Waals surface area contributed by atoms with E-state index in [0.29, 0.717) is 6.42 Å². The Morgan fingerprint density at radius 3 is 2.52 bits per heavy atom. The fourth-order valence-electron chi connectivity index (χ4n) is 2.20. The average Bonchev–Trinajstić information content (AvgIpc) is 2.51. The van der Waals surface area contributed by atoms with Crippen molar-refractivity contribution in [2.45, 2.75) is 18.9 Å². The minimum atomic E-state index is -0.242. The summed E-state index contributed by atoms with van der Waals surface area (Å²) in [6, 6.07) is 12.5. The van der Waals surface area contributed by atoms with Gasteiger partial charge in [-0.15, -0.1) is 0 Å². The van der Waals surface area contributed by atoms with E-state index in [2.05, 4.69) is 21.4 Å². The fraction of sp³-hybridized carbons (Fsp3) is 0.250. The molecule has 0 aliphatic carbocycles. The Hall–Kier alpha value is -1.43. The number of benzene rings is 2. The van der Waals surface area contributed by atoms with Crippen molar-refractivity contribution in [2.75, 3.05) is 7.11 Å². The Labute approximate surface area is 132 Å². The standard InChI is InChI=1S/C16H18BrFN2O/c1-21-15-5-2-11(3-6-15)8-14(20-19)10-12-9-13(18)4-7-16(12)17/h2-7,9,14,20H,8,10,19H2,1H3. The molecule has 112 valence electrons. The van der Waals surface area contributed by atoms with Crippen LogP contribution in [0.3, 0.4) is 0 Å². The van der Waals surface area contributed by atoms with E-state index in [1.165, 1.54) is 12.1 Å². The van der Waals surface area contributed by atoms with Gasteiger partial charge in [-0.25, -0.2) is 4.39 Å². The molecule has 2 aromatic carbocycles. The predicted octanol–water partition coefficient (Wildman–Crippen LogP) is 3.21. The van der Waals surface area contributed by atoms with Crippen molar-refractivity contribution in [1.82, 2.24) is 5.43 Å². The van der Waals surface area contributed by atoms with Gasteiger partial charge in [0, 0.05) is 10.5 Å². The molecule has 5 heteroatoms. The highest BCUT2D eigenvalue weighted by molar-refractivity contribution is 9.10. The van der Waals surface area contributed by atoms with Crippen molar-refractivity contribution < 1.29 is 9.13 Å². The van der Waals surface area contributed by atoms with Crippen LogP contribution in [0.25, 0.3) is 0 Å². The van der Waals surface area contributed by atoms with Gasteiger partial charge in [-0.2, -0.15) is 0 Å². The van der Waals surface area contributed by atoms with Gasteiger partial charge in [-0.3, -0.25) is 11.3 Å². The zero-order chi connectivity index (χ0) is 15.2. The van der Waals surface area contributed by atoms with E-state index in [1.54, 1.807) is 13.2 Å². The summed E-state index contributed by atoms with van der Waals surface area (Å²) in [4.78, 5) is 0. The van der Waals surface area contributed by atoms with Crippen LogP contribution in [0.2, 0.25) is 0 Å². The number of hydrogen-bond acceptors (Lipinski definition) is 3. The molecule has 2 rings (SSSR count). The van der Waals surface area contributed by atoms with E-state index < -0.39 is 0 Å². The lowest BCUT2D eigenvalue weighted by molar-refractivity contribution is 0.414. The molecule has 0 bridgehead atoms. The molecule has 21 heavy (non-hydrogen) atoms. The lowest BCUT2D eigenvalue weighted by atomic mass is 9.99. The fourth-order valence-corrected chi connectivity index (χ4v) is 2.61. The molecule has 0 saturated carbocycles. The number of hydrazine groups is 1. The molecular formula is C16H18BrFN2O. The van der Waals surface area contributed by atoms with Crippen LogP contribution in [0.4, 0.5) is 4.39 Å². The molecule has 2 aromatic rings. The zero-order valence-electron chi connectivity index (χ0n) is 11.8. The van der Waals surface area contributed by atoms with Gasteiger partial charge in [0.15, 0.2) is 0 Å². The molecule has 0 heterocycles. The maximum Gasteiger partial charge on any atom is 0.123 e. The van der Waals surface area contributed by atoms with Gasteiger partial charge in [-0.1, -0.05) is 28.1 Å². The van der Waals surface area contributed by atoms with Crippen LogP contribution >= 0.6 is 15.9 Å². The van der Waals surface area contributed by atoms with E-state index in [1.807, 2.05) is 24.3 Å². The minimum absolute atomic E-state index is 0.0245. The molecule has 0 aliphatic rings. The first kappa shape index (κ1) is 15.9. The van der Waals surface area contributed by atoms with Crippen LogP contribution in [0.1, 0.15) is 11.1 Å². The molecule has 0 fully saturated rings. The van der Waals surface area contributed by atoms with E-state index >= 15 is 0 Å². The number of rotatable bonds is 6. The number of hydrogen-bond donors (Lipinski definition) is 2. The van der Waals surface area contributed by atoms with Crippen LogP contribution in [0.5, 0.6) is 5.75 Å². The lowest BCUT2D eigenvalue weighted by Gasteiger charge is -2.17. The van der Waals surface area contributed by atoms with Gasteiger partial charge < -0.3 is 4.74 Å². The average molecular weight is 353 g/mol. The second kappa shape index (κ2) is 7.54. The van der Waals surface area contributed by atoms with Gasteiger partial charge >= 0.3 is 0 Å². The monoisotopic (exact) mass is 352 g/mol. The van der Waals surface area contributed by atoms with Gasteiger partial charge in [0.1, 0.15) is 11.6 Å². The van der Waals surface area contributed by atoms with E-state index in [4.69, 9.17) is 10.6 Å². The van der Waals surface area contributed by atoms with Crippen LogP contribution in [-0.4, -0.2) is 13.2 Å². The van der Waals surface area contributed by atoms with Crippen molar-refractivity contribution in [3.8, 4) is 5.75 Å². The summed E-state index contributed by atoms with van der Waals surface area (Å²) in [6.07, 6.45) is 1.39. The highest BCUT2D eigenvalue weighted by Gasteiger charge is 2.12. The molecule has 0 spiro atoms. The molecule has 0 aromatic heterocycles. The Bertz CT molecular complexity index is 589. The maximum atomic E-state index is 13.3. The smallest absolute Gasteiger partial charge is 0.123 e. The molecule has 0 radical (unpaired) electrons. The number of ether oxygens (including phenoxy) is 1. The second-order valence-corrected chi connectivity index (χ2v) is 5.71. The van der Waals surface area contributed by atoms with E-state index in [9.17, 15) is 4.39 Å². The predicted molar refractivity (Wildman–Crippen MR) is 85.6 cm³/mol. The third-order valence-corrected chi connectivity index (χ3v) is 4.12. The van der Waals surface area contributed by atoms with Gasteiger partial charge in [0.2, 0.25) is 0 Å². The highest BCUT2D eigenvalue weighted by atomic mass is 79.9. The lowest BCUT2D eigenvalue weighted by Crippen LogP contribution is -2.38. The Kier molecular flexibility index (Phi) is 5.73. The molecule has 0 amide bonds. The molecular weight excluding hydrogens is 335 g/mol. The van der Waals surface area contributed by atoms with Crippen molar-refractivity contribution in [3.63, 3.8) is 0 Å². The number of nitrogens with one attached hydrogen (secondary N) is 1. The van der Waals surface area contributed by atoms with Crippen LogP contribution in [0.15, 0.2) is 46.9 Å². The van der Waals surface area contributed by atoms with E-state index in [0.717, 1.165) is 27.8 Å². The third-order valence-electron chi connectivity index (χ3n) is 3.35. The topological polar surface area (TPSA) is 47.3 Å². The van der Waals surface area contributed by atoms with Crippen molar-refractivity contribution in [1.29, 1.82) is 0 Å². The molecule has 1 atom stereocenters. The molecule has 0 aliphatic heterocycles. The van der Waals surface area contributed by atoms with Crippen LogP contribution < -0.4 is 16.0 Å². The highest BCUT2D eigenvalue weighted by Crippen LogP contribution is 2.21. The molecule has 0 saturated heterocycles. The maximum absolute atomic E-state index is 13.3. The van der Waals surface area contributed by atoms with Crippen molar-refractivity contribution >= 4 is 15.9 Å². The molecule has 1 unspecified atom stereocenters. The second-order valence-electron chi connectivity index (χ2n) is 4.86. The third kappa shape index (κ3) is 4.52. The van der Waals surface area contributed by atoms with Crippen molar-refractivity contribution in [3.05, 3.63) is 63.9 Å². The molecule has 3 N–H and O–H groups in total. The number of methoxy groups -OCH3 is 1. The zero-order valence-corrected chi connectivity index (χ0v) is 13.4. The first-order valence-corrected chi connectivity index (χ1v) is 7.44. The summed E-state index contributed by atoms with van der Waals surface area (Å²) < 4.78 is 19.4. The quantitative estimate of drug-likeness (QED) is 0.619. The first-order chi connectivity index (χ1) is 10.1. The molecule has 3 nitrogen and oxygen atoms in total. The van der Waals surface area contributed by atoms with Gasteiger partial charge in [0.25, 0.3) is 0 Å². The van der Waals surface area contributed by atoms with Crippen molar-refractivity contribution in [2.24, 2.45) is 5.84 Å². The number of halogens is 2. The van der Waals surface area contributed by atoms with Crippen LogP contribution in [-0.2, 0) is 12.8 Å². The Balaban J connectivity index is 2.07. The summed E-state index contributed by atoms with van der Waals surface area (Å²) >= 11 is 3.44. The Morgan fingerprint density at radius 2 is 1.90 bits per heavy atom. The minimum Gasteiger partial charge on any atom is -0.497 e. The SMILES string of the molecule is COc1ccc(CC(Cc2cc(F)ccc2Br)NN)cc1. The van der Waals surface area contributed by atoms with Gasteiger partial charge in [-0.05, 0) is 54.3 Å². The normalized spacial score (nSPS) is 12.2. The summed E-state index contributed by atoms with van der Waals surface area (Å²) in [5.74, 6) is 6.21.